The Hall–Kier alpha value is -1.48. The first-order valence-electron chi connectivity index (χ1n) is 8.40. The van der Waals surface area contributed by atoms with E-state index in [4.69, 9.17) is 0 Å². The van der Waals surface area contributed by atoms with Gasteiger partial charge in [0.05, 0.1) is 5.69 Å². The third kappa shape index (κ3) is 5.26. The van der Waals surface area contributed by atoms with Gasteiger partial charge in [-0.1, -0.05) is 40.2 Å². The highest BCUT2D eigenvalue weighted by Crippen LogP contribution is 2.27. The smallest absolute Gasteiger partial charge is 0.194 e. The average molecular weight is 531 g/mol. The number of guanidine groups is 1. The minimum absolute atomic E-state index is 0. The lowest BCUT2D eigenvalue weighted by molar-refractivity contribution is 0.369. The molecule has 0 aliphatic carbocycles. The minimum atomic E-state index is 0. The zero-order valence-electron chi connectivity index (χ0n) is 14.7. The van der Waals surface area contributed by atoms with Crippen LogP contribution in [0.4, 0.5) is 5.69 Å². The number of hydrogen-bond acceptors (Lipinski definition) is 3. The Kier molecular flexibility index (Phi) is 8.02. The fourth-order valence-corrected chi connectivity index (χ4v) is 3.27. The maximum atomic E-state index is 10.0. The SMILES string of the molecule is CN=C(NCc1ccc(Br)cc1)N1CCN(c2ccccc2O)CC1.I. The van der Waals surface area contributed by atoms with E-state index >= 15 is 0 Å². The van der Waals surface area contributed by atoms with Crippen LogP contribution in [0.2, 0.25) is 0 Å². The Bertz CT molecular complexity index is 731. The summed E-state index contributed by atoms with van der Waals surface area (Å²) in [4.78, 5) is 8.89. The number of phenols is 1. The Balaban J connectivity index is 0.00000243. The van der Waals surface area contributed by atoms with E-state index in [1.807, 2.05) is 37.4 Å². The average Bonchev–Trinajstić information content (AvgIpc) is 2.65. The van der Waals surface area contributed by atoms with Crippen LogP contribution in [0.15, 0.2) is 58.0 Å². The van der Waals surface area contributed by atoms with Crippen molar-refractivity contribution in [3.8, 4) is 5.75 Å². The molecule has 1 aliphatic rings. The molecule has 2 N–H and O–H groups in total. The number of benzene rings is 2. The molecule has 0 amide bonds. The molecule has 140 valence electrons. The standard InChI is InChI=1S/C19H23BrN4O.HI/c1-21-19(22-14-15-6-8-16(20)9-7-15)24-12-10-23(11-13-24)17-4-2-3-5-18(17)25;/h2-9,25H,10-14H2,1H3,(H,21,22);1H. The van der Waals surface area contributed by atoms with Gasteiger partial charge in [0.15, 0.2) is 5.96 Å². The van der Waals surface area contributed by atoms with Crippen molar-refractivity contribution in [3.05, 3.63) is 58.6 Å². The third-order valence-corrected chi connectivity index (χ3v) is 4.91. The van der Waals surface area contributed by atoms with Crippen LogP contribution in [0, 0.1) is 0 Å². The highest BCUT2D eigenvalue weighted by atomic mass is 127. The fourth-order valence-electron chi connectivity index (χ4n) is 3.01. The van der Waals surface area contributed by atoms with Crippen LogP contribution in [-0.2, 0) is 6.54 Å². The molecule has 0 atom stereocenters. The quantitative estimate of drug-likeness (QED) is 0.361. The molecule has 2 aromatic rings. The van der Waals surface area contributed by atoms with E-state index in [-0.39, 0.29) is 24.0 Å². The molecular weight excluding hydrogens is 507 g/mol. The van der Waals surface area contributed by atoms with Crippen molar-refractivity contribution in [2.45, 2.75) is 6.54 Å². The number of rotatable bonds is 3. The van der Waals surface area contributed by atoms with Crippen molar-refractivity contribution in [2.24, 2.45) is 4.99 Å². The number of para-hydroxylation sites is 2. The number of phenolic OH excluding ortho intramolecular Hbond substituents is 1. The van der Waals surface area contributed by atoms with Crippen LogP contribution in [0.5, 0.6) is 5.75 Å². The molecule has 0 bridgehead atoms. The predicted octanol–water partition coefficient (Wildman–Crippen LogP) is 3.67. The van der Waals surface area contributed by atoms with Crippen molar-refractivity contribution in [1.29, 1.82) is 0 Å². The maximum Gasteiger partial charge on any atom is 0.194 e. The van der Waals surface area contributed by atoms with E-state index in [9.17, 15) is 5.11 Å². The highest BCUT2D eigenvalue weighted by molar-refractivity contribution is 14.0. The van der Waals surface area contributed by atoms with Crippen LogP contribution in [0.25, 0.3) is 0 Å². The lowest BCUT2D eigenvalue weighted by Crippen LogP contribution is -2.52. The van der Waals surface area contributed by atoms with Gasteiger partial charge in [-0.2, -0.15) is 0 Å². The first-order valence-corrected chi connectivity index (χ1v) is 9.19. The summed E-state index contributed by atoms with van der Waals surface area (Å²) in [7, 11) is 1.82. The Morgan fingerprint density at radius 3 is 2.35 bits per heavy atom. The Labute approximate surface area is 180 Å². The van der Waals surface area contributed by atoms with E-state index in [0.29, 0.717) is 5.75 Å². The van der Waals surface area contributed by atoms with Crippen molar-refractivity contribution in [2.75, 3.05) is 38.1 Å². The van der Waals surface area contributed by atoms with Crippen LogP contribution < -0.4 is 10.2 Å². The summed E-state index contributed by atoms with van der Waals surface area (Å²) < 4.78 is 1.08. The molecule has 5 nitrogen and oxygen atoms in total. The molecule has 0 saturated carbocycles. The second-order valence-corrected chi connectivity index (χ2v) is 6.91. The predicted molar refractivity (Wildman–Crippen MR) is 122 cm³/mol. The van der Waals surface area contributed by atoms with E-state index in [2.05, 4.69) is 48.2 Å². The fraction of sp³-hybridized carbons (Fsp3) is 0.316. The van der Waals surface area contributed by atoms with Crippen molar-refractivity contribution in [1.82, 2.24) is 10.2 Å². The molecule has 3 rings (SSSR count). The molecule has 1 fully saturated rings. The van der Waals surface area contributed by atoms with Crippen LogP contribution in [-0.4, -0.2) is 49.2 Å². The van der Waals surface area contributed by atoms with Gasteiger partial charge in [-0.25, -0.2) is 0 Å². The van der Waals surface area contributed by atoms with E-state index in [0.717, 1.165) is 48.8 Å². The topological polar surface area (TPSA) is 51.1 Å². The zero-order valence-corrected chi connectivity index (χ0v) is 18.6. The van der Waals surface area contributed by atoms with Crippen molar-refractivity contribution < 1.29 is 5.11 Å². The summed E-state index contributed by atoms with van der Waals surface area (Å²) in [5, 5.41) is 13.5. The summed E-state index contributed by atoms with van der Waals surface area (Å²) in [6.07, 6.45) is 0. The molecule has 7 heteroatoms. The number of aromatic hydroxyl groups is 1. The number of nitrogens with one attached hydrogen (secondary N) is 1. The summed E-state index contributed by atoms with van der Waals surface area (Å²) in [5.41, 5.74) is 2.12. The molecule has 0 aromatic heterocycles. The van der Waals surface area contributed by atoms with E-state index < -0.39 is 0 Å². The van der Waals surface area contributed by atoms with Gasteiger partial charge in [0, 0.05) is 44.2 Å². The highest BCUT2D eigenvalue weighted by Gasteiger charge is 2.21. The first-order chi connectivity index (χ1) is 12.2. The van der Waals surface area contributed by atoms with Gasteiger partial charge in [0.2, 0.25) is 0 Å². The number of anilines is 1. The molecule has 26 heavy (non-hydrogen) atoms. The van der Waals surface area contributed by atoms with Gasteiger partial charge in [0.1, 0.15) is 5.75 Å². The number of nitrogens with zero attached hydrogens (tertiary/aromatic N) is 3. The normalized spacial score (nSPS) is 14.8. The van der Waals surface area contributed by atoms with Gasteiger partial charge in [0.25, 0.3) is 0 Å². The lowest BCUT2D eigenvalue weighted by Gasteiger charge is -2.37. The summed E-state index contributed by atoms with van der Waals surface area (Å²) in [6.45, 7) is 4.20. The van der Waals surface area contributed by atoms with E-state index in [1.54, 1.807) is 6.07 Å². The minimum Gasteiger partial charge on any atom is -0.506 e. The molecular formula is C19H24BrIN4O. The van der Waals surface area contributed by atoms with Gasteiger partial charge in [-0.15, -0.1) is 24.0 Å². The second kappa shape index (κ2) is 10.0. The molecule has 1 saturated heterocycles. The van der Waals surface area contributed by atoms with Crippen LogP contribution in [0.3, 0.4) is 0 Å². The summed E-state index contributed by atoms with van der Waals surface area (Å²) in [5.74, 6) is 1.26. The van der Waals surface area contributed by atoms with Gasteiger partial charge in [-0.3, -0.25) is 4.99 Å². The van der Waals surface area contributed by atoms with Gasteiger partial charge < -0.3 is 20.2 Å². The Morgan fingerprint density at radius 2 is 1.73 bits per heavy atom. The lowest BCUT2D eigenvalue weighted by atomic mass is 10.2. The Morgan fingerprint density at radius 1 is 1.08 bits per heavy atom. The second-order valence-electron chi connectivity index (χ2n) is 5.99. The molecule has 1 aliphatic heterocycles. The largest absolute Gasteiger partial charge is 0.506 e. The number of halogens is 2. The molecule has 0 unspecified atom stereocenters. The summed E-state index contributed by atoms with van der Waals surface area (Å²) >= 11 is 3.46. The van der Waals surface area contributed by atoms with Gasteiger partial charge >= 0.3 is 0 Å². The molecule has 0 radical (unpaired) electrons. The third-order valence-electron chi connectivity index (χ3n) is 4.38. The molecule has 1 heterocycles. The van der Waals surface area contributed by atoms with Crippen LogP contribution >= 0.6 is 39.9 Å². The zero-order chi connectivity index (χ0) is 17.6. The molecule has 0 spiro atoms. The molecule has 2 aromatic carbocycles. The van der Waals surface area contributed by atoms with Gasteiger partial charge in [-0.05, 0) is 29.8 Å². The first kappa shape index (κ1) is 20.8. The number of aliphatic imine (C=N–C) groups is 1. The number of hydrogen-bond donors (Lipinski definition) is 2. The number of piperazine rings is 1. The maximum absolute atomic E-state index is 10.0. The van der Waals surface area contributed by atoms with E-state index in [1.165, 1.54) is 5.56 Å². The monoisotopic (exact) mass is 530 g/mol. The van der Waals surface area contributed by atoms with Crippen LogP contribution in [0.1, 0.15) is 5.56 Å². The van der Waals surface area contributed by atoms with Crippen molar-refractivity contribution in [3.63, 3.8) is 0 Å². The summed E-state index contributed by atoms with van der Waals surface area (Å²) in [6, 6.07) is 15.8. The van der Waals surface area contributed by atoms with Crippen molar-refractivity contribution >= 4 is 51.6 Å².